The summed E-state index contributed by atoms with van der Waals surface area (Å²) in [5, 5.41) is 7.14. The van der Waals surface area contributed by atoms with E-state index in [9.17, 15) is 0 Å². The van der Waals surface area contributed by atoms with Crippen molar-refractivity contribution in [1.82, 2.24) is 19.7 Å². The van der Waals surface area contributed by atoms with Crippen molar-refractivity contribution in [3.05, 3.63) is 36.5 Å². The zero-order chi connectivity index (χ0) is 9.80. The molecular weight excluding hydrogens is 178 g/mol. The summed E-state index contributed by atoms with van der Waals surface area (Å²) in [5.74, 6) is 0.878. The van der Waals surface area contributed by atoms with Crippen molar-refractivity contribution in [2.75, 3.05) is 5.32 Å². The molecule has 5 heteroatoms. The molecule has 0 aliphatic heterocycles. The van der Waals surface area contributed by atoms with Crippen LogP contribution in [0.15, 0.2) is 31.0 Å². The van der Waals surface area contributed by atoms with Crippen LogP contribution in [-0.4, -0.2) is 19.7 Å². The van der Waals surface area contributed by atoms with Gasteiger partial charge in [0.25, 0.3) is 0 Å². The first kappa shape index (κ1) is 8.68. The fourth-order valence-electron chi connectivity index (χ4n) is 1.14. The third-order valence-corrected chi connectivity index (χ3v) is 1.88. The van der Waals surface area contributed by atoms with Gasteiger partial charge in [-0.25, -0.2) is 14.6 Å². The van der Waals surface area contributed by atoms with Crippen molar-refractivity contribution >= 4 is 5.82 Å². The normalized spacial score (nSPS) is 10.1. The molecule has 0 amide bonds. The SMILES string of the molecule is Cc1cccnc1NCn1cncn1. The quantitative estimate of drug-likeness (QED) is 0.784. The minimum absolute atomic E-state index is 0.581. The van der Waals surface area contributed by atoms with Crippen molar-refractivity contribution in [1.29, 1.82) is 0 Å². The van der Waals surface area contributed by atoms with Gasteiger partial charge in [0.15, 0.2) is 0 Å². The number of hydrogen-bond donors (Lipinski definition) is 1. The van der Waals surface area contributed by atoms with E-state index in [-0.39, 0.29) is 0 Å². The molecule has 2 aromatic heterocycles. The van der Waals surface area contributed by atoms with Gasteiger partial charge in [0.05, 0.1) is 0 Å². The largest absolute Gasteiger partial charge is 0.351 e. The highest BCUT2D eigenvalue weighted by molar-refractivity contribution is 5.41. The Labute approximate surface area is 81.8 Å². The third-order valence-electron chi connectivity index (χ3n) is 1.88. The molecule has 0 aliphatic rings. The molecule has 2 heterocycles. The maximum atomic E-state index is 4.21. The maximum absolute atomic E-state index is 4.21. The van der Waals surface area contributed by atoms with Crippen LogP contribution in [0.4, 0.5) is 5.82 Å². The van der Waals surface area contributed by atoms with Gasteiger partial charge in [0, 0.05) is 6.20 Å². The standard InChI is InChI=1S/C9H11N5/c1-8-3-2-4-11-9(8)12-7-14-6-10-5-13-14/h2-6H,7H2,1H3,(H,11,12). The molecule has 0 saturated heterocycles. The lowest BCUT2D eigenvalue weighted by Crippen LogP contribution is -2.10. The van der Waals surface area contributed by atoms with Crippen LogP contribution in [-0.2, 0) is 6.67 Å². The number of pyridine rings is 1. The minimum atomic E-state index is 0.581. The molecule has 0 spiro atoms. The Morgan fingerprint density at radius 1 is 1.50 bits per heavy atom. The van der Waals surface area contributed by atoms with E-state index in [1.807, 2.05) is 19.1 Å². The molecule has 0 aliphatic carbocycles. The van der Waals surface area contributed by atoms with E-state index >= 15 is 0 Å². The van der Waals surface area contributed by atoms with Crippen LogP contribution in [0.1, 0.15) is 5.56 Å². The highest BCUT2D eigenvalue weighted by Gasteiger charge is 1.96. The fraction of sp³-hybridized carbons (Fsp3) is 0.222. The summed E-state index contributed by atoms with van der Waals surface area (Å²) in [5.41, 5.74) is 1.12. The molecule has 2 aromatic rings. The molecular formula is C9H11N5. The molecule has 2 rings (SSSR count). The Bertz CT molecular complexity index is 395. The first-order valence-electron chi connectivity index (χ1n) is 4.34. The van der Waals surface area contributed by atoms with Gasteiger partial charge in [0.1, 0.15) is 25.1 Å². The number of aromatic nitrogens is 4. The number of aryl methyl sites for hydroxylation is 1. The lowest BCUT2D eigenvalue weighted by Gasteiger charge is -2.06. The predicted molar refractivity (Wildman–Crippen MR) is 52.6 cm³/mol. The van der Waals surface area contributed by atoms with Gasteiger partial charge in [-0.2, -0.15) is 5.10 Å². The van der Waals surface area contributed by atoms with E-state index in [0.717, 1.165) is 11.4 Å². The van der Waals surface area contributed by atoms with Gasteiger partial charge in [-0.1, -0.05) is 6.07 Å². The second-order valence-electron chi connectivity index (χ2n) is 2.94. The summed E-state index contributed by atoms with van der Waals surface area (Å²) in [7, 11) is 0. The number of nitrogens with zero attached hydrogens (tertiary/aromatic N) is 4. The van der Waals surface area contributed by atoms with Crippen molar-refractivity contribution < 1.29 is 0 Å². The lowest BCUT2D eigenvalue weighted by molar-refractivity contribution is 0.665. The fourth-order valence-corrected chi connectivity index (χ4v) is 1.14. The van der Waals surface area contributed by atoms with E-state index in [1.165, 1.54) is 6.33 Å². The Morgan fingerprint density at radius 3 is 3.14 bits per heavy atom. The summed E-state index contributed by atoms with van der Waals surface area (Å²) in [6, 6.07) is 3.92. The predicted octanol–water partition coefficient (Wildman–Crippen LogP) is 1.05. The zero-order valence-electron chi connectivity index (χ0n) is 7.88. The third kappa shape index (κ3) is 1.87. The second kappa shape index (κ2) is 3.87. The minimum Gasteiger partial charge on any atom is -0.351 e. The van der Waals surface area contributed by atoms with E-state index in [2.05, 4.69) is 20.4 Å². The topological polar surface area (TPSA) is 55.6 Å². The molecule has 0 radical (unpaired) electrons. The number of nitrogens with one attached hydrogen (secondary N) is 1. The number of anilines is 1. The summed E-state index contributed by atoms with van der Waals surface area (Å²) in [4.78, 5) is 8.05. The van der Waals surface area contributed by atoms with Crippen LogP contribution in [0.5, 0.6) is 0 Å². The highest BCUT2D eigenvalue weighted by atomic mass is 15.4. The molecule has 0 atom stereocenters. The van der Waals surface area contributed by atoms with Gasteiger partial charge in [-0.3, -0.25) is 0 Å². The van der Waals surface area contributed by atoms with Crippen LogP contribution in [0.3, 0.4) is 0 Å². The molecule has 0 bridgehead atoms. The number of rotatable bonds is 3. The van der Waals surface area contributed by atoms with Crippen LogP contribution in [0.2, 0.25) is 0 Å². The van der Waals surface area contributed by atoms with E-state index < -0.39 is 0 Å². The summed E-state index contributed by atoms with van der Waals surface area (Å²) in [6.45, 7) is 2.59. The molecule has 0 unspecified atom stereocenters. The second-order valence-corrected chi connectivity index (χ2v) is 2.94. The Kier molecular flexibility index (Phi) is 2.40. The van der Waals surface area contributed by atoms with Crippen LogP contribution in [0, 0.1) is 6.92 Å². The summed E-state index contributed by atoms with van der Waals surface area (Å²) < 4.78 is 1.70. The molecule has 5 nitrogen and oxygen atoms in total. The van der Waals surface area contributed by atoms with Gasteiger partial charge in [0.2, 0.25) is 0 Å². The highest BCUT2D eigenvalue weighted by Crippen LogP contribution is 2.08. The van der Waals surface area contributed by atoms with Gasteiger partial charge < -0.3 is 5.32 Å². The average molecular weight is 189 g/mol. The van der Waals surface area contributed by atoms with Crippen molar-refractivity contribution in [3.8, 4) is 0 Å². The maximum Gasteiger partial charge on any atom is 0.137 e. The number of hydrogen-bond acceptors (Lipinski definition) is 4. The van der Waals surface area contributed by atoms with Gasteiger partial charge in [-0.05, 0) is 18.6 Å². The molecule has 1 N–H and O–H groups in total. The van der Waals surface area contributed by atoms with Gasteiger partial charge >= 0.3 is 0 Å². The Morgan fingerprint density at radius 2 is 2.43 bits per heavy atom. The molecule has 14 heavy (non-hydrogen) atoms. The molecule has 0 fully saturated rings. The Hall–Kier alpha value is -1.91. The zero-order valence-corrected chi connectivity index (χ0v) is 7.88. The van der Waals surface area contributed by atoms with Crippen LogP contribution >= 0.6 is 0 Å². The summed E-state index contributed by atoms with van der Waals surface area (Å²) >= 11 is 0. The van der Waals surface area contributed by atoms with Crippen molar-refractivity contribution in [2.45, 2.75) is 13.6 Å². The average Bonchev–Trinajstić information content (AvgIpc) is 2.69. The molecule has 0 saturated carbocycles. The van der Waals surface area contributed by atoms with Gasteiger partial charge in [-0.15, -0.1) is 0 Å². The lowest BCUT2D eigenvalue weighted by atomic mass is 10.3. The first-order valence-corrected chi connectivity index (χ1v) is 4.34. The molecule has 72 valence electrons. The Balaban J connectivity index is 2.02. The van der Waals surface area contributed by atoms with E-state index in [0.29, 0.717) is 6.67 Å². The van der Waals surface area contributed by atoms with Crippen molar-refractivity contribution in [3.63, 3.8) is 0 Å². The van der Waals surface area contributed by atoms with Crippen LogP contribution < -0.4 is 5.32 Å². The summed E-state index contributed by atoms with van der Waals surface area (Å²) in [6.07, 6.45) is 4.93. The first-order chi connectivity index (χ1) is 6.86. The smallest absolute Gasteiger partial charge is 0.137 e. The van der Waals surface area contributed by atoms with E-state index in [4.69, 9.17) is 0 Å². The van der Waals surface area contributed by atoms with E-state index in [1.54, 1.807) is 17.2 Å². The molecule has 0 aromatic carbocycles. The van der Waals surface area contributed by atoms with Crippen molar-refractivity contribution in [2.24, 2.45) is 0 Å². The van der Waals surface area contributed by atoms with Crippen LogP contribution in [0.25, 0.3) is 0 Å². The monoisotopic (exact) mass is 189 g/mol.